The van der Waals surface area contributed by atoms with Gasteiger partial charge in [-0.2, -0.15) is 0 Å². The molecule has 0 bridgehead atoms. The highest BCUT2D eigenvalue weighted by Crippen LogP contribution is 1.99. The van der Waals surface area contributed by atoms with Crippen LogP contribution >= 0.6 is 0 Å². The zero-order chi connectivity index (χ0) is 9.84. The third-order valence-electron chi connectivity index (χ3n) is 1.61. The first-order chi connectivity index (χ1) is 6.11. The topological polar surface area (TPSA) is 92.9 Å². The van der Waals surface area contributed by atoms with Crippen LogP contribution in [0.2, 0.25) is 0 Å². The highest BCUT2D eigenvalue weighted by atomic mass is 16.4. The molecule has 0 fully saturated rings. The highest BCUT2D eigenvalue weighted by Gasteiger charge is 2.11. The lowest BCUT2D eigenvalue weighted by molar-refractivity contribution is -0.140. The van der Waals surface area contributed by atoms with Gasteiger partial charge < -0.3 is 10.4 Å². The van der Waals surface area contributed by atoms with E-state index in [1.165, 1.54) is 4.68 Å². The van der Waals surface area contributed by atoms with Gasteiger partial charge in [-0.05, 0) is 10.4 Å². The minimum Gasteiger partial charge on any atom is -0.481 e. The molecule has 0 aliphatic carbocycles. The van der Waals surface area contributed by atoms with E-state index in [0.29, 0.717) is 12.5 Å². The molecular formula is C6H11N5O2. The van der Waals surface area contributed by atoms with E-state index in [-0.39, 0.29) is 0 Å². The van der Waals surface area contributed by atoms with E-state index in [4.69, 9.17) is 5.11 Å². The van der Waals surface area contributed by atoms with Gasteiger partial charge >= 0.3 is 5.97 Å². The van der Waals surface area contributed by atoms with Crippen molar-refractivity contribution in [3.8, 4) is 0 Å². The summed E-state index contributed by atoms with van der Waals surface area (Å²) < 4.78 is 1.44. The van der Waals surface area contributed by atoms with Gasteiger partial charge in [-0.25, -0.2) is 4.68 Å². The Labute approximate surface area is 74.7 Å². The fourth-order valence-electron chi connectivity index (χ4n) is 0.711. The van der Waals surface area contributed by atoms with Crippen LogP contribution in [-0.4, -0.2) is 37.8 Å². The Balaban J connectivity index is 2.44. The summed E-state index contributed by atoms with van der Waals surface area (Å²) in [5.41, 5.74) is 0. The highest BCUT2D eigenvalue weighted by molar-refractivity contribution is 5.70. The number of hydrogen-bond acceptors (Lipinski definition) is 5. The number of carboxylic acid groups (broad SMARTS) is 1. The molecule has 1 aromatic heterocycles. The molecule has 1 heterocycles. The standard InChI is InChI=1S/C6H11N5O2/c1-4(5(12)13)3-7-6-8-9-10-11(6)2/h4H,3H2,1-2H3,(H,12,13)(H,7,8,10). The molecule has 72 valence electrons. The number of rotatable bonds is 4. The summed E-state index contributed by atoms with van der Waals surface area (Å²) in [6, 6.07) is 0. The molecule has 2 N–H and O–H groups in total. The van der Waals surface area contributed by atoms with E-state index in [1.54, 1.807) is 14.0 Å². The van der Waals surface area contributed by atoms with Gasteiger partial charge in [0, 0.05) is 13.6 Å². The first-order valence-corrected chi connectivity index (χ1v) is 3.80. The summed E-state index contributed by atoms with van der Waals surface area (Å²) in [6.07, 6.45) is 0. The van der Waals surface area contributed by atoms with Crippen molar-refractivity contribution in [2.24, 2.45) is 13.0 Å². The molecule has 7 nitrogen and oxygen atoms in total. The van der Waals surface area contributed by atoms with Crippen LogP contribution in [0.1, 0.15) is 6.92 Å². The largest absolute Gasteiger partial charge is 0.481 e. The second-order valence-corrected chi connectivity index (χ2v) is 2.75. The summed E-state index contributed by atoms with van der Waals surface area (Å²) in [6.45, 7) is 1.92. The van der Waals surface area contributed by atoms with Crippen molar-refractivity contribution in [2.45, 2.75) is 6.92 Å². The first kappa shape index (κ1) is 9.43. The van der Waals surface area contributed by atoms with Crippen LogP contribution in [0.25, 0.3) is 0 Å². The van der Waals surface area contributed by atoms with Crippen molar-refractivity contribution < 1.29 is 9.90 Å². The fraction of sp³-hybridized carbons (Fsp3) is 0.667. The Kier molecular flexibility index (Phi) is 2.78. The molecule has 0 saturated heterocycles. The van der Waals surface area contributed by atoms with Gasteiger partial charge in [0.25, 0.3) is 0 Å². The average molecular weight is 185 g/mol. The first-order valence-electron chi connectivity index (χ1n) is 3.80. The molecule has 0 aromatic carbocycles. The van der Waals surface area contributed by atoms with Gasteiger partial charge in [0.05, 0.1) is 5.92 Å². The Morgan fingerprint density at radius 2 is 2.46 bits per heavy atom. The Hall–Kier alpha value is -1.66. The van der Waals surface area contributed by atoms with Gasteiger partial charge in [-0.15, -0.1) is 0 Å². The predicted molar refractivity (Wildman–Crippen MR) is 44.1 cm³/mol. The quantitative estimate of drug-likeness (QED) is 0.647. The number of nitrogens with one attached hydrogen (secondary N) is 1. The Bertz CT molecular complexity index is 297. The molecule has 1 rings (SSSR count). The van der Waals surface area contributed by atoms with Crippen molar-refractivity contribution >= 4 is 11.9 Å². The zero-order valence-electron chi connectivity index (χ0n) is 7.43. The normalized spacial score (nSPS) is 12.5. The van der Waals surface area contributed by atoms with E-state index in [1.807, 2.05) is 0 Å². The van der Waals surface area contributed by atoms with Crippen molar-refractivity contribution in [3.05, 3.63) is 0 Å². The summed E-state index contributed by atoms with van der Waals surface area (Å²) in [5, 5.41) is 22.0. The third-order valence-corrected chi connectivity index (χ3v) is 1.61. The van der Waals surface area contributed by atoms with E-state index < -0.39 is 11.9 Å². The number of hydrogen-bond donors (Lipinski definition) is 2. The summed E-state index contributed by atoms with van der Waals surface area (Å²) in [7, 11) is 1.67. The Morgan fingerprint density at radius 3 is 2.92 bits per heavy atom. The maximum Gasteiger partial charge on any atom is 0.308 e. The third kappa shape index (κ3) is 2.39. The van der Waals surface area contributed by atoms with Crippen LogP contribution in [0.5, 0.6) is 0 Å². The molecule has 1 unspecified atom stereocenters. The second kappa shape index (κ2) is 3.83. The molecule has 0 spiro atoms. The minimum absolute atomic E-state index is 0.309. The summed E-state index contributed by atoms with van der Waals surface area (Å²) in [5.74, 6) is -0.840. The second-order valence-electron chi connectivity index (χ2n) is 2.75. The number of tetrazole rings is 1. The number of carbonyl (C=O) groups is 1. The van der Waals surface area contributed by atoms with Gasteiger partial charge in [-0.1, -0.05) is 12.0 Å². The molecule has 0 saturated carbocycles. The van der Waals surface area contributed by atoms with Gasteiger partial charge in [0.15, 0.2) is 0 Å². The van der Waals surface area contributed by atoms with Crippen LogP contribution in [0.15, 0.2) is 0 Å². The van der Waals surface area contributed by atoms with Crippen LogP contribution in [0, 0.1) is 5.92 Å². The van der Waals surface area contributed by atoms with E-state index in [0.717, 1.165) is 0 Å². The number of carboxylic acids is 1. The average Bonchev–Trinajstić information content (AvgIpc) is 2.47. The van der Waals surface area contributed by atoms with Crippen LogP contribution in [0.3, 0.4) is 0 Å². The number of aryl methyl sites for hydroxylation is 1. The smallest absolute Gasteiger partial charge is 0.308 e. The monoisotopic (exact) mass is 185 g/mol. The number of nitrogens with zero attached hydrogens (tertiary/aromatic N) is 4. The van der Waals surface area contributed by atoms with Crippen LogP contribution in [0.4, 0.5) is 5.95 Å². The lowest BCUT2D eigenvalue weighted by Gasteiger charge is -2.06. The SMILES string of the molecule is CC(CNc1nnnn1C)C(=O)O. The Morgan fingerprint density at radius 1 is 1.77 bits per heavy atom. The number of aromatic nitrogens is 4. The van der Waals surface area contributed by atoms with Crippen molar-refractivity contribution in [2.75, 3.05) is 11.9 Å². The summed E-state index contributed by atoms with van der Waals surface area (Å²) in [4.78, 5) is 10.4. The van der Waals surface area contributed by atoms with E-state index >= 15 is 0 Å². The summed E-state index contributed by atoms with van der Waals surface area (Å²) >= 11 is 0. The van der Waals surface area contributed by atoms with Crippen molar-refractivity contribution in [3.63, 3.8) is 0 Å². The molecule has 13 heavy (non-hydrogen) atoms. The zero-order valence-corrected chi connectivity index (χ0v) is 7.43. The molecule has 1 aromatic rings. The lowest BCUT2D eigenvalue weighted by atomic mass is 10.2. The number of anilines is 1. The van der Waals surface area contributed by atoms with Gasteiger partial charge in [0.1, 0.15) is 0 Å². The fourth-order valence-corrected chi connectivity index (χ4v) is 0.711. The maximum atomic E-state index is 10.4. The molecule has 1 atom stereocenters. The molecule has 0 aliphatic rings. The maximum absolute atomic E-state index is 10.4. The minimum atomic E-state index is -0.845. The molecule has 0 radical (unpaired) electrons. The molecule has 7 heteroatoms. The van der Waals surface area contributed by atoms with Crippen LogP contribution in [-0.2, 0) is 11.8 Å². The number of aliphatic carboxylic acids is 1. The lowest BCUT2D eigenvalue weighted by Crippen LogP contribution is -2.21. The predicted octanol–water partition coefficient (Wildman–Crippen LogP) is -0.657. The molecular weight excluding hydrogens is 174 g/mol. The molecule has 0 amide bonds. The van der Waals surface area contributed by atoms with Crippen molar-refractivity contribution in [1.82, 2.24) is 20.2 Å². The van der Waals surface area contributed by atoms with Gasteiger partial charge in [-0.3, -0.25) is 4.79 Å². The van der Waals surface area contributed by atoms with Crippen molar-refractivity contribution in [1.29, 1.82) is 0 Å². The van der Waals surface area contributed by atoms with Gasteiger partial charge in [0.2, 0.25) is 5.95 Å². The molecule has 0 aliphatic heterocycles. The van der Waals surface area contributed by atoms with Crippen LogP contribution < -0.4 is 5.32 Å². The van der Waals surface area contributed by atoms with E-state index in [9.17, 15) is 4.79 Å². The van der Waals surface area contributed by atoms with E-state index in [2.05, 4.69) is 20.8 Å².